The van der Waals surface area contributed by atoms with Crippen LogP contribution in [0.5, 0.6) is 5.75 Å². The van der Waals surface area contributed by atoms with Gasteiger partial charge in [-0.2, -0.15) is 0 Å². The van der Waals surface area contributed by atoms with Gasteiger partial charge in [0.25, 0.3) is 0 Å². The van der Waals surface area contributed by atoms with Crippen molar-refractivity contribution >= 4 is 0 Å². The van der Waals surface area contributed by atoms with Crippen LogP contribution in [0.4, 0.5) is 0 Å². The van der Waals surface area contributed by atoms with E-state index in [1.807, 2.05) is 12.1 Å². The standard InChI is InChI=1S/C30H29NO/c32-29-18-16-23(17-19-29)20-28-21-27(22-31-28)30(24-10-4-1-5-11-24,25-12-6-2-7-13-25)26-14-8-3-9-15-26/h1-19,27-28,31-32H,20-22H2. The molecule has 1 aliphatic rings. The smallest absolute Gasteiger partial charge is 0.115 e. The second-order valence-electron chi connectivity index (χ2n) is 8.81. The molecule has 0 saturated carbocycles. The Labute approximate surface area is 190 Å². The fourth-order valence-electron chi connectivity index (χ4n) is 5.53. The Morgan fingerprint density at radius 2 is 1.12 bits per heavy atom. The molecule has 1 fully saturated rings. The lowest BCUT2D eigenvalue weighted by molar-refractivity contribution is 0.394. The predicted molar refractivity (Wildman–Crippen MR) is 131 cm³/mol. The zero-order valence-corrected chi connectivity index (χ0v) is 18.2. The molecule has 0 bridgehead atoms. The average Bonchev–Trinajstić information content (AvgIpc) is 3.32. The fourth-order valence-corrected chi connectivity index (χ4v) is 5.53. The van der Waals surface area contributed by atoms with Crippen molar-refractivity contribution in [2.24, 2.45) is 5.92 Å². The van der Waals surface area contributed by atoms with E-state index < -0.39 is 0 Å². The van der Waals surface area contributed by atoms with Crippen molar-refractivity contribution in [2.45, 2.75) is 24.3 Å². The molecule has 0 amide bonds. The molecule has 0 aliphatic carbocycles. The Morgan fingerprint density at radius 3 is 1.59 bits per heavy atom. The highest BCUT2D eigenvalue weighted by atomic mass is 16.3. The minimum atomic E-state index is -0.222. The first-order valence-corrected chi connectivity index (χ1v) is 11.4. The Kier molecular flexibility index (Phi) is 5.79. The van der Waals surface area contributed by atoms with Gasteiger partial charge in [-0.1, -0.05) is 103 Å². The van der Waals surface area contributed by atoms with E-state index >= 15 is 0 Å². The third kappa shape index (κ3) is 3.83. The summed E-state index contributed by atoms with van der Waals surface area (Å²) in [6, 6.07) is 41.0. The molecule has 2 N–H and O–H groups in total. The van der Waals surface area contributed by atoms with Crippen molar-refractivity contribution in [3.8, 4) is 5.75 Å². The fraction of sp³-hybridized carbons (Fsp3) is 0.200. The Bertz CT molecular complexity index is 1030. The molecule has 0 radical (unpaired) electrons. The molecule has 160 valence electrons. The molecule has 32 heavy (non-hydrogen) atoms. The monoisotopic (exact) mass is 419 g/mol. The SMILES string of the molecule is Oc1ccc(CC2CC(C(c3ccccc3)(c3ccccc3)c3ccccc3)CN2)cc1. The van der Waals surface area contributed by atoms with Crippen molar-refractivity contribution in [1.82, 2.24) is 5.32 Å². The zero-order valence-electron chi connectivity index (χ0n) is 18.2. The summed E-state index contributed by atoms with van der Waals surface area (Å²) in [5, 5.41) is 13.5. The van der Waals surface area contributed by atoms with Crippen LogP contribution in [0.25, 0.3) is 0 Å². The minimum absolute atomic E-state index is 0.222. The maximum atomic E-state index is 9.63. The lowest BCUT2D eigenvalue weighted by Crippen LogP contribution is -2.39. The van der Waals surface area contributed by atoms with Crippen molar-refractivity contribution < 1.29 is 5.11 Å². The maximum Gasteiger partial charge on any atom is 0.115 e. The van der Waals surface area contributed by atoms with Gasteiger partial charge in [0.05, 0.1) is 0 Å². The summed E-state index contributed by atoms with van der Waals surface area (Å²) < 4.78 is 0. The number of rotatable bonds is 6. The first-order valence-electron chi connectivity index (χ1n) is 11.4. The second-order valence-corrected chi connectivity index (χ2v) is 8.81. The molecule has 2 atom stereocenters. The normalized spacial score (nSPS) is 18.5. The van der Waals surface area contributed by atoms with Crippen LogP contribution in [0.1, 0.15) is 28.7 Å². The molecule has 4 aromatic rings. The molecule has 1 heterocycles. The van der Waals surface area contributed by atoms with E-state index in [4.69, 9.17) is 0 Å². The molecule has 1 aliphatic heterocycles. The van der Waals surface area contributed by atoms with E-state index in [0.29, 0.717) is 17.7 Å². The summed E-state index contributed by atoms with van der Waals surface area (Å²) >= 11 is 0. The van der Waals surface area contributed by atoms with Crippen LogP contribution in [-0.2, 0) is 11.8 Å². The third-order valence-electron chi connectivity index (χ3n) is 6.94. The van der Waals surface area contributed by atoms with Gasteiger partial charge in [-0.15, -0.1) is 0 Å². The van der Waals surface area contributed by atoms with Crippen molar-refractivity contribution in [3.63, 3.8) is 0 Å². The zero-order chi connectivity index (χ0) is 21.8. The summed E-state index contributed by atoms with van der Waals surface area (Å²) in [6.07, 6.45) is 2.05. The second kappa shape index (κ2) is 9.02. The topological polar surface area (TPSA) is 32.3 Å². The van der Waals surface area contributed by atoms with Gasteiger partial charge in [0.1, 0.15) is 5.75 Å². The van der Waals surface area contributed by atoms with Crippen LogP contribution in [0.2, 0.25) is 0 Å². The highest BCUT2D eigenvalue weighted by molar-refractivity contribution is 5.51. The van der Waals surface area contributed by atoms with Gasteiger partial charge in [0.2, 0.25) is 0 Å². The van der Waals surface area contributed by atoms with Gasteiger partial charge in [0, 0.05) is 11.5 Å². The van der Waals surface area contributed by atoms with Crippen molar-refractivity contribution in [3.05, 3.63) is 138 Å². The van der Waals surface area contributed by atoms with Gasteiger partial charge in [-0.05, 0) is 59.7 Å². The van der Waals surface area contributed by atoms with Crippen LogP contribution >= 0.6 is 0 Å². The summed E-state index contributed by atoms with van der Waals surface area (Å²) in [5.41, 5.74) is 5.06. The van der Waals surface area contributed by atoms with Gasteiger partial charge in [-0.3, -0.25) is 0 Å². The quantitative estimate of drug-likeness (QED) is 0.379. The van der Waals surface area contributed by atoms with E-state index in [1.54, 1.807) is 12.1 Å². The Hall–Kier alpha value is -3.36. The Morgan fingerprint density at radius 1 is 0.656 bits per heavy atom. The number of benzene rings is 4. The number of hydrogen-bond acceptors (Lipinski definition) is 2. The molecule has 0 aromatic heterocycles. The molecular formula is C30H29NO. The molecular weight excluding hydrogens is 390 g/mol. The van der Waals surface area contributed by atoms with Crippen LogP contribution in [0.3, 0.4) is 0 Å². The van der Waals surface area contributed by atoms with Crippen LogP contribution in [-0.4, -0.2) is 17.7 Å². The summed E-state index contributed by atoms with van der Waals surface area (Å²) in [6.45, 7) is 0.960. The molecule has 1 saturated heterocycles. The molecule has 2 nitrogen and oxygen atoms in total. The highest BCUT2D eigenvalue weighted by Crippen LogP contribution is 2.48. The largest absolute Gasteiger partial charge is 0.508 e. The van der Waals surface area contributed by atoms with E-state index in [9.17, 15) is 5.11 Å². The lowest BCUT2D eigenvalue weighted by Gasteiger charge is -2.41. The first-order chi connectivity index (χ1) is 15.8. The van der Waals surface area contributed by atoms with E-state index in [0.717, 1.165) is 19.4 Å². The van der Waals surface area contributed by atoms with Crippen molar-refractivity contribution in [2.75, 3.05) is 6.54 Å². The average molecular weight is 420 g/mol. The van der Waals surface area contributed by atoms with Gasteiger partial charge in [-0.25, -0.2) is 0 Å². The molecule has 2 heteroatoms. The highest BCUT2D eigenvalue weighted by Gasteiger charge is 2.46. The molecule has 4 aromatic carbocycles. The molecule has 0 spiro atoms. The number of phenols is 1. The minimum Gasteiger partial charge on any atom is -0.508 e. The third-order valence-corrected chi connectivity index (χ3v) is 6.94. The van der Waals surface area contributed by atoms with Crippen LogP contribution in [0, 0.1) is 5.92 Å². The number of nitrogens with one attached hydrogen (secondary N) is 1. The van der Waals surface area contributed by atoms with E-state index in [1.165, 1.54) is 22.3 Å². The Balaban J connectivity index is 1.58. The number of aromatic hydroxyl groups is 1. The van der Waals surface area contributed by atoms with E-state index in [-0.39, 0.29) is 5.41 Å². The summed E-state index contributed by atoms with van der Waals surface area (Å²) in [7, 11) is 0. The lowest BCUT2D eigenvalue weighted by atomic mass is 9.61. The van der Waals surface area contributed by atoms with Crippen molar-refractivity contribution in [1.29, 1.82) is 0 Å². The van der Waals surface area contributed by atoms with Gasteiger partial charge in [0.15, 0.2) is 0 Å². The summed E-state index contributed by atoms with van der Waals surface area (Å²) in [5.74, 6) is 0.735. The van der Waals surface area contributed by atoms with Crippen LogP contribution in [0.15, 0.2) is 115 Å². The van der Waals surface area contributed by atoms with Crippen LogP contribution < -0.4 is 5.32 Å². The molecule has 2 unspecified atom stereocenters. The van der Waals surface area contributed by atoms with E-state index in [2.05, 4.69) is 96.3 Å². The first kappa shape index (κ1) is 20.5. The number of hydrogen-bond donors (Lipinski definition) is 2. The summed E-state index contributed by atoms with van der Waals surface area (Å²) in [4.78, 5) is 0. The predicted octanol–water partition coefficient (Wildman–Crippen LogP) is 5.95. The van der Waals surface area contributed by atoms with Gasteiger partial charge >= 0.3 is 0 Å². The van der Waals surface area contributed by atoms with Gasteiger partial charge < -0.3 is 10.4 Å². The maximum absolute atomic E-state index is 9.63. The molecule has 5 rings (SSSR count). The number of phenolic OH excluding ortho intramolecular Hbond substituents is 1.